The SMILES string of the molecule is CCCCCCCCCCCCCCS(=O)(=O)c1ccc([C]=O)cc1. The summed E-state index contributed by atoms with van der Waals surface area (Å²) < 4.78 is 24.4. The maximum atomic E-state index is 12.2. The quantitative estimate of drug-likeness (QED) is 0.379. The molecule has 0 aliphatic rings. The van der Waals surface area contributed by atoms with Crippen LogP contribution < -0.4 is 0 Å². The molecule has 0 saturated carbocycles. The highest BCUT2D eigenvalue weighted by atomic mass is 32.2. The van der Waals surface area contributed by atoms with Crippen molar-refractivity contribution in [1.29, 1.82) is 0 Å². The summed E-state index contributed by atoms with van der Waals surface area (Å²) in [7, 11) is -3.23. The normalized spacial score (nSPS) is 11.6. The number of unbranched alkanes of at least 4 members (excludes halogenated alkanes) is 11. The first-order valence-electron chi connectivity index (χ1n) is 9.81. The largest absolute Gasteiger partial charge is 0.285 e. The average molecular weight is 366 g/mol. The molecule has 0 saturated heterocycles. The van der Waals surface area contributed by atoms with Crippen LogP contribution in [0.25, 0.3) is 0 Å². The summed E-state index contributed by atoms with van der Waals surface area (Å²) in [4.78, 5) is 10.8. The Hall–Kier alpha value is -1.16. The Bertz CT molecular complexity index is 561. The summed E-state index contributed by atoms with van der Waals surface area (Å²) in [6.07, 6.45) is 16.4. The van der Waals surface area contributed by atoms with Gasteiger partial charge in [0.2, 0.25) is 6.29 Å². The van der Waals surface area contributed by atoms with Gasteiger partial charge in [-0.05, 0) is 30.7 Å². The zero-order valence-corrected chi connectivity index (χ0v) is 16.5. The first-order chi connectivity index (χ1) is 12.1. The zero-order chi connectivity index (χ0) is 18.4. The molecule has 0 amide bonds. The molecule has 1 radical (unpaired) electrons. The van der Waals surface area contributed by atoms with Crippen LogP contribution >= 0.6 is 0 Å². The molecule has 0 atom stereocenters. The molecule has 1 rings (SSSR count). The molecular formula is C21H33O3S. The van der Waals surface area contributed by atoms with Crippen molar-refractivity contribution in [2.75, 3.05) is 5.75 Å². The van der Waals surface area contributed by atoms with Crippen LogP contribution in [0.15, 0.2) is 29.2 Å². The molecule has 1 aromatic carbocycles. The zero-order valence-electron chi connectivity index (χ0n) is 15.6. The summed E-state index contributed by atoms with van der Waals surface area (Å²) in [5.41, 5.74) is 0.379. The molecule has 0 N–H and O–H groups in total. The van der Waals surface area contributed by atoms with Crippen molar-refractivity contribution in [3.8, 4) is 0 Å². The third-order valence-electron chi connectivity index (χ3n) is 4.60. The molecular weight excluding hydrogens is 332 g/mol. The first kappa shape index (κ1) is 21.9. The third kappa shape index (κ3) is 9.78. The van der Waals surface area contributed by atoms with Gasteiger partial charge in [0.05, 0.1) is 10.6 Å². The lowest BCUT2D eigenvalue weighted by molar-refractivity contribution is 0.546. The fraction of sp³-hybridized carbons (Fsp3) is 0.667. The van der Waals surface area contributed by atoms with E-state index in [-0.39, 0.29) is 5.75 Å². The lowest BCUT2D eigenvalue weighted by atomic mass is 10.1. The highest BCUT2D eigenvalue weighted by molar-refractivity contribution is 7.91. The van der Waals surface area contributed by atoms with Crippen molar-refractivity contribution in [1.82, 2.24) is 0 Å². The average Bonchev–Trinajstić information content (AvgIpc) is 2.62. The molecule has 0 aliphatic carbocycles. The van der Waals surface area contributed by atoms with Crippen LogP contribution in [-0.4, -0.2) is 20.5 Å². The third-order valence-corrected chi connectivity index (χ3v) is 6.41. The molecule has 0 fully saturated rings. The molecule has 1 aromatic rings. The molecule has 4 heteroatoms. The van der Waals surface area contributed by atoms with Gasteiger partial charge in [0.1, 0.15) is 0 Å². The fourth-order valence-corrected chi connectivity index (χ4v) is 4.35. The first-order valence-corrected chi connectivity index (χ1v) is 11.5. The highest BCUT2D eigenvalue weighted by Crippen LogP contribution is 2.15. The number of hydrogen-bond donors (Lipinski definition) is 0. The van der Waals surface area contributed by atoms with Crippen molar-refractivity contribution < 1.29 is 13.2 Å². The van der Waals surface area contributed by atoms with E-state index in [1.807, 2.05) is 0 Å². The Kier molecular flexibility index (Phi) is 11.5. The topological polar surface area (TPSA) is 51.2 Å². The van der Waals surface area contributed by atoms with Crippen LogP contribution in [-0.2, 0) is 14.6 Å². The lowest BCUT2D eigenvalue weighted by Crippen LogP contribution is -2.06. The van der Waals surface area contributed by atoms with Gasteiger partial charge in [-0.25, -0.2) is 8.42 Å². The number of sulfone groups is 1. The number of hydrogen-bond acceptors (Lipinski definition) is 3. The molecule has 0 spiro atoms. The predicted octanol–water partition coefficient (Wildman–Crippen LogP) is 5.62. The molecule has 25 heavy (non-hydrogen) atoms. The van der Waals surface area contributed by atoms with Crippen molar-refractivity contribution >= 4 is 16.1 Å². The number of carbonyl (C=O) groups excluding carboxylic acids is 1. The monoisotopic (exact) mass is 365 g/mol. The van der Waals surface area contributed by atoms with Crippen LogP contribution in [0.4, 0.5) is 0 Å². The van der Waals surface area contributed by atoms with Crippen LogP contribution in [0, 0.1) is 0 Å². The minimum absolute atomic E-state index is 0.189. The molecule has 3 nitrogen and oxygen atoms in total. The molecule has 141 valence electrons. The Morgan fingerprint density at radius 3 is 1.60 bits per heavy atom. The number of benzene rings is 1. The van der Waals surface area contributed by atoms with E-state index >= 15 is 0 Å². The van der Waals surface area contributed by atoms with Crippen LogP contribution in [0.5, 0.6) is 0 Å². The van der Waals surface area contributed by atoms with Crippen molar-refractivity contribution in [3.05, 3.63) is 29.8 Å². The molecule has 0 heterocycles. The second kappa shape index (κ2) is 13.1. The van der Waals surface area contributed by atoms with E-state index in [4.69, 9.17) is 0 Å². The molecule has 0 aliphatic heterocycles. The summed E-state index contributed by atoms with van der Waals surface area (Å²) in [6, 6.07) is 6.00. The van der Waals surface area contributed by atoms with Crippen molar-refractivity contribution in [2.24, 2.45) is 0 Å². The van der Waals surface area contributed by atoms with Crippen molar-refractivity contribution in [3.63, 3.8) is 0 Å². The summed E-state index contributed by atoms with van der Waals surface area (Å²) in [6.45, 7) is 2.24. The fourth-order valence-electron chi connectivity index (χ4n) is 2.98. The minimum Gasteiger partial charge on any atom is -0.285 e. The van der Waals surface area contributed by atoms with Gasteiger partial charge in [0.15, 0.2) is 9.84 Å². The molecule has 0 unspecified atom stereocenters. The maximum Gasteiger partial charge on any atom is 0.233 e. The Labute approximate surface area is 154 Å². The number of rotatable bonds is 15. The summed E-state index contributed by atoms with van der Waals surface area (Å²) in [5.74, 6) is 0.189. The van der Waals surface area contributed by atoms with E-state index in [9.17, 15) is 13.2 Å². The van der Waals surface area contributed by atoms with Gasteiger partial charge < -0.3 is 0 Å². The van der Waals surface area contributed by atoms with Gasteiger partial charge in [-0.3, -0.25) is 4.79 Å². The van der Waals surface area contributed by atoms with Crippen LogP contribution in [0.2, 0.25) is 0 Å². The van der Waals surface area contributed by atoms with E-state index in [0.717, 1.165) is 12.8 Å². The molecule has 0 bridgehead atoms. The molecule has 0 aromatic heterocycles. The maximum absolute atomic E-state index is 12.2. The Morgan fingerprint density at radius 1 is 0.720 bits per heavy atom. The van der Waals surface area contributed by atoms with E-state index in [1.165, 1.54) is 82.1 Å². The Balaban J connectivity index is 2.05. The van der Waals surface area contributed by atoms with E-state index < -0.39 is 9.84 Å². The second-order valence-electron chi connectivity index (χ2n) is 6.83. The van der Waals surface area contributed by atoms with Crippen LogP contribution in [0.3, 0.4) is 0 Å². The standard InChI is InChI=1S/C21H33O3S/c1-2-3-4-5-6-7-8-9-10-11-12-13-18-25(23,24)21-16-14-20(19-22)15-17-21/h14-17H,2-13,18H2,1H3. The van der Waals surface area contributed by atoms with Crippen LogP contribution in [0.1, 0.15) is 89.5 Å². The van der Waals surface area contributed by atoms with Gasteiger partial charge in [0, 0.05) is 5.56 Å². The summed E-state index contributed by atoms with van der Waals surface area (Å²) in [5, 5.41) is 0. The summed E-state index contributed by atoms with van der Waals surface area (Å²) >= 11 is 0. The lowest BCUT2D eigenvalue weighted by Gasteiger charge is -2.05. The van der Waals surface area contributed by atoms with Gasteiger partial charge in [0.25, 0.3) is 0 Å². The van der Waals surface area contributed by atoms with E-state index in [1.54, 1.807) is 6.29 Å². The second-order valence-corrected chi connectivity index (χ2v) is 8.94. The highest BCUT2D eigenvalue weighted by Gasteiger charge is 2.13. The predicted molar refractivity (Wildman–Crippen MR) is 104 cm³/mol. The Morgan fingerprint density at radius 2 is 1.16 bits per heavy atom. The van der Waals surface area contributed by atoms with Crippen molar-refractivity contribution in [2.45, 2.75) is 88.9 Å². The van der Waals surface area contributed by atoms with Gasteiger partial charge >= 0.3 is 0 Å². The van der Waals surface area contributed by atoms with Gasteiger partial charge in [-0.1, -0.05) is 77.6 Å². The van der Waals surface area contributed by atoms with E-state index in [2.05, 4.69) is 6.92 Å². The minimum atomic E-state index is -3.23. The smallest absolute Gasteiger partial charge is 0.233 e. The van der Waals surface area contributed by atoms with E-state index in [0.29, 0.717) is 16.9 Å². The van der Waals surface area contributed by atoms with Gasteiger partial charge in [-0.15, -0.1) is 0 Å². The van der Waals surface area contributed by atoms with Gasteiger partial charge in [-0.2, -0.15) is 0 Å².